The van der Waals surface area contributed by atoms with Crippen molar-refractivity contribution in [1.82, 2.24) is 9.97 Å². The van der Waals surface area contributed by atoms with Crippen molar-refractivity contribution < 1.29 is 22.8 Å². The third kappa shape index (κ3) is 7.19. The first-order valence-corrected chi connectivity index (χ1v) is 20.5. The molecule has 239 valence electrons. The van der Waals surface area contributed by atoms with Gasteiger partial charge in [-0.2, -0.15) is 11.3 Å². The van der Waals surface area contributed by atoms with Gasteiger partial charge in [0.25, 0.3) is 0 Å². The largest absolute Gasteiger partial charge is 0.305 e. The molecule has 0 atom stereocenters. The maximum Gasteiger partial charge on any atom is 0.0798 e. The van der Waals surface area contributed by atoms with Gasteiger partial charge in [0, 0.05) is 39.9 Å². The van der Waals surface area contributed by atoms with Crippen molar-refractivity contribution in [3.63, 3.8) is 0 Å². The Hall–Kier alpha value is -3.47. The number of benzene rings is 4. The summed E-state index contributed by atoms with van der Waals surface area (Å²) in [4.78, 5) is 9.20. The third-order valence-electron chi connectivity index (χ3n) is 8.94. The summed E-state index contributed by atoms with van der Waals surface area (Å²) in [6.07, 6.45) is 5.56. The second kappa shape index (κ2) is 13.9. The average Bonchev–Trinajstić information content (AvgIpc) is 3.40. The molecule has 1 aliphatic rings. The number of hydrogen-bond donors (Lipinski definition) is 0. The molecule has 0 N–H and O–H groups in total. The maximum atomic E-state index is 8.67. The molecule has 1 saturated carbocycles. The summed E-state index contributed by atoms with van der Waals surface area (Å²) in [6, 6.07) is 35.8. The van der Waals surface area contributed by atoms with E-state index in [0.29, 0.717) is 0 Å². The van der Waals surface area contributed by atoms with Crippen molar-refractivity contribution in [2.75, 3.05) is 0 Å². The zero-order valence-corrected chi connectivity index (χ0v) is 31.8. The van der Waals surface area contributed by atoms with E-state index in [1.165, 1.54) is 47.3 Å². The minimum absolute atomic E-state index is 0. The standard InChI is InChI=1S/C27H22NS.C15H18NSi.Ir/c1-17-8-9-20-15-24-22-6-3-7-23(27(22)29-26(24)16-21(20)12-17)25-14-19(10-11-28-25)13-18-4-2-5-18;1-12-10-14(13-8-6-5-7-9-13)16-11-15(12)17(2,3)4;/h3,6,8-12,14-16,18H,2,4-5,13H2,1H3;5-8,10-11H,1-4H3;/q2*-1;/i13D2;;. The first-order valence-electron chi connectivity index (χ1n) is 17.2. The van der Waals surface area contributed by atoms with Gasteiger partial charge in [0.05, 0.1) is 8.07 Å². The molecule has 0 aliphatic heterocycles. The van der Waals surface area contributed by atoms with Gasteiger partial charge in [-0.05, 0) is 81.8 Å². The number of hydrogen-bond acceptors (Lipinski definition) is 3. The fourth-order valence-corrected chi connectivity index (χ4v) is 9.23. The molecule has 0 unspecified atom stereocenters. The van der Waals surface area contributed by atoms with Gasteiger partial charge in [0.2, 0.25) is 0 Å². The van der Waals surface area contributed by atoms with Crippen LogP contribution in [0.4, 0.5) is 0 Å². The van der Waals surface area contributed by atoms with E-state index < -0.39 is 14.4 Å². The number of aromatic nitrogens is 2. The molecule has 3 aromatic heterocycles. The van der Waals surface area contributed by atoms with E-state index in [1.54, 1.807) is 17.5 Å². The average molecular weight is 827 g/mol. The van der Waals surface area contributed by atoms with Gasteiger partial charge in [-0.1, -0.05) is 91.3 Å². The van der Waals surface area contributed by atoms with Crippen LogP contribution in [0.25, 0.3) is 53.5 Å². The van der Waals surface area contributed by atoms with Crippen LogP contribution in [-0.2, 0) is 26.5 Å². The molecular formula is C42H40IrN2SSi-2. The Kier molecular flexibility index (Phi) is 9.15. The van der Waals surface area contributed by atoms with E-state index in [0.717, 1.165) is 47.3 Å². The summed E-state index contributed by atoms with van der Waals surface area (Å²) in [5.41, 5.74) is 7.20. The zero-order valence-electron chi connectivity index (χ0n) is 29.6. The molecule has 8 rings (SSSR count). The summed E-state index contributed by atoms with van der Waals surface area (Å²) in [7, 11) is -1.27. The van der Waals surface area contributed by atoms with Gasteiger partial charge in [-0.15, -0.1) is 59.7 Å². The molecule has 0 saturated heterocycles. The maximum absolute atomic E-state index is 8.67. The Morgan fingerprint density at radius 3 is 2.43 bits per heavy atom. The molecule has 0 amide bonds. The Labute approximate surface area is 300 Å². The minimum atomic E-state index is -1.31. The fourth-order valence-electron chi connectivity index (χ4n) is 6.28. The van der Waals surface area contributed by atoms with Gasteiger partial charge < -0.3 is 9.97 Å². The van der Waals surface area contributed by atoms with Gasteiger partial charge in [0.15, 0.2) is 0 Å². The number of thiophene rings is 1. The normalized spacial score (nSPS) is 14.1. The number of nitrogens with zero attached hydrogens (tertiary/aromatic N) is 2. The predicted octanol–water partition coefficient (Wildman–Crippen LogP) is 11.1. The molecule has 3 heterocycles. The molecule has 1 fully saturated rings. The summed E-state index contributed by atoms with van der Waals surface area (Å²) in [5, 5.41) is 6.43. The molecule has 1 radical (unpaired) electrons. The quantitative estimate of drug-likeness (QED) is 0.128. The van der Waals surface area contributed by atoms with Crippen LogP contribution in [0.15, 0.2) is 97.3 Å². The molecule has 2 nitrogen and oxygen atoms in total. The van der Waals surface area contributed by atoms with Gasteiger partial charge in [-0.3, -0.25) is 0 Å². The topological polar surface area (TPSA) is 25.8 Å². The van der Waals surface area contributed by atoms with E-state index in [1.807, 2.05) is 36.4 Å². The summed E-state index contributed by atoms with van der Waals surface area (Å²) in [6.45, 7) is 11.4. The van der Waals surface area contributed by atoms with E-state index >= 15 is 0 Å². The van der Waals surface area contributed by atoms with Crippen molar-refractivity contribution in [3.05, 3.63) is 126 Å². The van der Waals surface area contributed by atoms with Crippen LogP contribution < -0.4 is 5.19 Å². The zero-order chi connectivity index (χ0) is 33.6. The van der Waals surface area contributed by atoms with Crippen LogP contribution in [-0.4, -0.2) is 18.0 Å². The van der Waals surface area contributed by atoms with Gasteiger partial charge in [-0.25, -0.2) is 0 Å². The Morgan fingerprint density at radius 1 is 0.851 bits per heavy atom. The van der Waals surface area contributed by atoms with Crippen molar-refractivity contribution in [3.8, 4) is 22.5 Å². The number of fused-ring (bicyclic) bond motifs is 4. The molecule has 4 aromatic carbocycles. The molecule has 0 spiro atoms. The molecule has 7 aromatic rings. The number of rotatable bonds is 5. The van der Waals surface area contributed by atoms with Crippen LogP contribution in [0.1, 0.15) is 38.7 Å². The van der Waals surface area contributed by atoms with Crippen LogP contribution in [0, 0.1) is 31.9 Å². The Balaban J connectivity index is 0.000000198. The van der Waals surface area contributed by atoms with E-state index in [9.17, 15) is 0 Å². The summed E-state index contributed by atoms with van der Waals surface area (Å²) in [5.74, 6) is 0.114. The van der Waals surface area contributed by atoms with Gasteiger partial charge in [0.1, 0.15) is 0 Å². The minimum Gasteiger partial charge on any atom is -0.305 e. The van der Waals surface area contributed by atoms with Crippen LogP contribution in [0.2, 0.25) is 19.6 Å². The fraction of sp³-hybridized carbons (Fsp3) is 0.238. The first kappa shape index (κ1) is 30.8. The molecular weight excluding hydrogens is 785 g/mol. The predicted molar refractivity (Wildman–Crippen MR) is 201 cm³/mol. The van der Waals surface area contributed by atoms with E-state index in [2.05, 4.69) is 110 Å². The number of pyridine rings is 2. The Morgan fingerprint density at radius 2 is 1.70 bits per heavy atom. The monoisotopic (exact) mass is 827 g/mol. The van der Waals surface area contributed by atoms with Crippen LogP contribution in [0.3, 0.4) is 0 Å². The third-order valence-corrected chi connectivity index (χ3v) is 12.3. The van der Waals surface area contributed by atoms with Crippen molar-refractivity contribution in [1.29, 1.82) is 0 Å². The SMILES string of the molecule is Cc1cc(-c2[c-]cccc2)ncc1[Si](C)(C)C.[2H]C([2H])(c1ccnc(-c2[c-]ccc3c2sc2cc4cc(C)ccc4cc23)c1)C1CCC1.[Ir]. The second-order valence-electron chi connectivity index (χ2n) is 13.5. The van der Waals surface area contributed by atoms with E-state index in [4.69, 9.17) is 2.74 Å². The van der Waals surface area contributed by atoms with Crippen molar-refractivity contribution in [2.24, 2.45) is 5.92 Å². The number of aryl methyl sites for hydroxylation is 2. The van der Waals surface area contributed by atoms with Crippen molar-refractivity contribution >= 4 is 55.5 Å². The molecule has 47 heavy (non-hydrogen) atoms. The van der Waals surface area contributed by atoms with Crippen LogP contribution >= 0.6 is 11.3 Å². The van der Waals surface area contributed by atoms with E-state index in [-0.39, 0.29) is 26.0 Å². The second-order valence-corrected chi connectivity index (χ2v) is 19.6. The van der Waals surface area contributed by atoms with Gasteiger partial charge >= 0.3 is 0 Å². The first-order chi connectivity index (χ1) is 23.0. The van der Waals surface area contributed by atoms with Crippen molar-refractivity contribution in [2.45, 2.75) is 59.1 Å². The van der Waals surface area contributed by atoms with Crippen LogP contribution in [0.5, 0.6) is 0 Å². The molecule has 5 heteroatoms. The summed E-state index contributed by atoms with van der Waals surface area (Å²) < 4.78 is 19.8. The summed E-state index contributed by atoms with van der Waals surface area (Å²) >= 11 is 1.77. The molecule has 1 aliphatic carbocycles. The Bertz CT molecular complexity index is 2270. The smallest absolute Gasteiger partial charge is 0.0798 e. The molecule has 0 bridgehead atoms.